The average molecular weight is 314 g/mol. The topological polar surface area (TPSA) is 29.4 Å². The van der Waals surface area contributed by atoms with E-state index in [-0.39, 0.29) is 12.3 Å². The van der Waals surface area contributed by atoms with Gasteiger partial charge in [-0.05, 0) is 17.7 Å². The molecule has 0 saturated carbocycles. The first-order valence-corrected chi connectivity index (χ1v) is 6.94. The van der Waals surface area contributed by atoms with Crippen molar-refractivity contribution in [1.29, 1.82) is 0 Å². The van der Waals surface area contributed by atoms with E-state index >= 15 is 0 Å². The Morgan fingerprint density at radius 2 is 1.84 bits per heavy atom. The van der Waals surface area contributed by atoms with Crippen molar-refractivity contribution < 1.29 is 4.79 Å². The molecule has 0 saturated heterocycles. The smallest absolute Gasteiger partial charge is 0.158 e. The fraction of sp³-hybridized carbons (Fsp3) is 0.125. The number of benzene rings is 2. The Morgan fingerprint density at radius 1 is 1.05 bits per heavy atom. The maximum Gasteiger partial charge on any atom is 0.158 e. The van der Waals surface area contributed by atoms with Gasteiger partial charge in [-0.2, -0.15) is 0 Å². The SMILES string of the molecule is O=C1CN=C(c2ccccc2)c2ccc(Br)cc2C1. The molecule has 1 aliphatic rings. The second-order valence-electron chi connectivity index (χ2n) is 4.55. The summed E-state index contributed by atoms with van der Waals surface area (Å²) in [5, 5.41) is 0. The quantitative estimate of drug-likeness (QED) is 0.793. The van der Waals surface area contributed by atoms with Crippen LogP contribution in [0.3, 0.4) is 0 Å². The van der Waals surface area contributed by atoms with Gasteiger partial charge in [-0.3, -0.25) is 9.79 Å². The number of rotatable bonds is 1. The van der Waals surface area contributed by atoms with Crippen LogP contribution in [0.4, 0.5) is 0 Å². The molecule has 0 aliphatic carbocycles. The fourth-order valence-electron chi connectivity index (χ4n) is 2.30. The minimum atomic E-state index is 0.158. The summed E-state index contributed by atoms with van der Waals surface area (Å²) < 4.78 is 0.994. The Morgan fingerprint density at radius 3 is 2.63 bits per heavy atom. The molecule has 94 valence electrons. The fourth-order valence-corrected chi connectivity index (χ4v) is 2.71. The van der Waals surface area contributed by atoms with Crippen LogP contribution in [-0.4, -0.2) is 18.0 Å². The summed E-state index contributed by atoms with van der Waals surface area (Å²) in [4.78, 5) is 16.3. The van der Waals surface area contributed by atoms with Crippen molar-refractivity contribution in [3.8, 4) is 0 Å². The number of carbonyl (C=O) groups excluding carboxylic acids is 1. The van der Waals surface area contributed by atoms with E-state index in [0.717, 1.165) is 26.9 Å². The van der Waals surface area contributed by atoms with Gasteiger partial charge < -0.3 is 0 Å². The molecule has 19 heavy (non-hydrogen) atoms. The molecule has 2 aromatic carbocycles. The van der Waals surface area contributed by atoms with Crippen LogP contribution in [0.25, 0.3) is 0 Å². The van der Waals surface area contributed by atoms with E-state index in [4.69, 9.17) is 0 Å². The lowest BCUT2D eigenvalue weighted by atomic mass is 9.96. The highest BCUT2D eigenvalue weighted by Crippen LogP contribution is 2.23. The van der Waals surface area contributed by atoms with E-state index < -0.39 is 0 Å². The summed E-state index contributed by atoms with van der Waals surface area (Å²) in [6.07, 6.45) is 0.453. The van der Waals surface area contributed by atoms with Crippen molar-refractivity contribution in [2.45, 2.75) is 6.42 Å². The zero-order chi connectivity index (χ0) is 13.2. The lowest BCUT2D eigenvalue weighted by Crippen LogP contribution is -2.05. The first-order valence-electron chi connectivity index (χ1n) is 6.14. The highest BCUT2D eigenvalue weighted by molar-refractivity contribution is 9.10. The predicted octanol–water partition coefficient (Wildman–Crippen LogP) is 3.41. The summed E-state index contributed by atoms with van der Waals surface area (Å²) in [6, 6.07) is 16.1. The molecule has 2 nitrogen and oxygen atoms in total. The summed E-state index contributed by atoms with van der Waals surface area (Å²) in [5.74, 6) is 0.158. The maximum absolute atomic E-state index is 11.8. The predicted molar refractivity (Wildman–Crippen MR) is 79.8 cm³/mol. The molecule has 0 aromatic heterocycles. The molecule has 1 heterocycles. The number of carbonyl (C=O) groups is 1. The van der Waals surface area contributed by atoms with Gasteiger partial charge in [-0.1, -0.05) is 52.3 Å². The first kappa shape index (κ1) is 12.3. The molecule has 0 amide bonds. The van der Waals surface area contributed by atoms with Crippen LogP contribution in [0.1, 0.15) is 16.7 Å². The van der Waals surface area contributed by atoms with Gasteiger partial charge in [-0.15, -0.1) is 0 Å². The van der Waals surface area contributed by atoms with Crippen LogP contribution in [0.5, 0.6) is 0 Å². The van der Waals surface area contributed by atoms with Crippen molar-refractivity contribution in [3.05, 3.63) is 69.7 Å². The van der Waals surface area contributed by atoms with Gasteiger partial charge in [0.2, 0.25) is 0 Å². The van der Waals surface area contributed by atoms with Crippen molar-refractivity contribution in [2.24, 2.45) is 4.99 Å². The molecule has 0 bridgehead atoms. The van der Waals surface area contributed by atoms with Crippen molar-refractivity contribution in [1.82, 2.24) is 0 Å². The molecule has 0 radical (unpaired) electrons. The molecule has 0 fully saturated rings. The number of fused-ring (bicyclic) bond motifs is 1. The number of hydrogen-bond donors (Lipinski definition) is 0. The van der Waals surface area contributed by atoms with Crippen molar-refractivity contribution >= 4 is 27.4 Å². The lowest BCUT2D eigenvalue weighted by molar-refractivity contribution is -0.117. The van der Waals surface area contributed by atoms with Gasteiger partial charge in [0.05, 0.1) is 12.3 Å². The van der Waals surface area contributed by atoms with Crippen LogP contribution >= 0.6 is 15.9 Å². The van der Waals surface area contributed by atoms with E-state index in [1.165, 1.54) is 0 Å². The lowest BCUT2D eigenvalue weighted by Gasteiger charge is -2.09. The molecule has 0 N–H and O–H groups in total. The van der Waals surface area contributed by atoms with E-state index in [2.05, 4.69) is 20.9 Å². The van der Waals surface area contributed by atoms with E-state index in [1.807, 2.05) is 48.5 Å². The zero-order valence-corrected chi connectivity index (χ0v) is 11.9. The Balaban J connectivity index is 2.18. The summed E-state index contributed by atoms with van der Waals surface area (Å²) in [5.41, 5.74) is 4.06. The van der Waals surface area contributed by atoms with Crippen LogP contribution in [0, 0.1) is 0 Å². The Labute approximate surface area is 120 Å². The van der Waals surface area contributed by atoms with Crippen LogP contribution in [-0.2, 0) is 11.2 Å². The van der Waals surface area contributed by atoms with Gasteiger partial charge in [0, 0.05) is 22.0 Å². The van der Waals surface area contributed by atoms with Gasteiger partial charge >= 0.3 is 0 Å². The summed E-state index contributed by atoms with van der Waals surface area (Å²) >= 11 is 3.46. The third-order valence-electron chi connectivity index (χ3n) is 3.17. The largest absolute Gasteiger partial charge is 0.297 e. The molecular weight excluding hydrogens is 302 g/mol. The van der Waals surface area contributed by atoms with Gasteiger partial charge in [0.1, 0.15) is 0 Å². The van der Waals surface area contributed by atoms with Crippen LogP contribution in [0.2, 0.25) is 0 Å². The standard InChI is InChI=1S/C16H12BrNO/c17-13-6-7-15-12(8-13)9-14(19)10-18-16(15)11-4-2-1-3-5-11/h1-8H,9-10H2. The van der Waals surface area contributed by atoms with Crippen molar-refractivity contribution in [3.63, 3.8) is 0 Å². The number of nitrogens with zero attached hydrogens (tertiary/aromatic N) is 1. The minimum Gasteiger partial charge on any atom is -0.297 e. The molecule has 0 atom stereocenters. The molecule has 3 heteroatoms. The minimum absolute atomic E-state index is 0.158. The molecule has 2 aromatic rings. The first-order chi connectivity index (χ1) is 9.24. The van der Waals surface area contributed by atoms with E-state index in [1.54, 1.807) is 0 Å². The highest BCUT2D eigenvalue weighted by Gasteiger charge is 2.18. The van der Waals surface area contributed by atoms with E-state index in [0.29, 0.717) is 6.42 Å². The van der Waals surface area contributed by atoms with Crippen LogP contribution in [0.15, 0.2) is 58.0 Å². The number of halogens is 1. The summed E-state index contributed by atoms with van der Waals surface area (Å²) in [6.45, 7) is 0.260. The molecular formula is C16H12BrNO. The Hall–Kier alpha value is -1.74. The zero-order valence-electron chi connectivity index (χ0n) is 10.3. The monoisotopic (exact) mass is 313 g/mol. The normalized spacial score (nSPS) is 14.6. The molecule has 1 aliphatic heterocycles. The second-order valence-corrected chi connectivity index (χ2v) is 5.46. The van der Waals surface area contributed by atoms with Gasteiger partial charge in [0.15, 0.2) is 5.78 Å². The van der Waals surface area contributed by atoms with Crippen LogP contribution < -0.4 is 0 Å². The highest BCUT2D eigenvalue weighted by atomic mass is 79.9. The summed E-state index contributed by atoms with van der Waals surface area (Å²) in [7, 11) is 0. The number of ketones is 1. The van der Waals surface area contributed by atoms with E-state index in [9.17, 15) is 4.79 Å². The molecule has 0 unspecified atom stereocenters. The number of hydrogen-bond acceptors (Lipinski definition) is 2. The number of aliphatic imine (C=N–C) groups is 1. The van der Waals surface area contributed by atoms with Crippen molar-refractivity contribution in [2.75, 3.05) is 6.54 Å². The molecule has 0 spiro atoms. The molecule has 3 rings (SSSR count). The third-order valence-corrected chi connectivity index (χ3v) is 3.66. The second kappa shape index (κ2) is 5.10. The Bertz CT molecular complexity index is 662. The maximum atomic E-state index is 11.8. The number of Topliss-reactive ketones (excluding diaryl/α,β-unsaturated/α-hetero) is 1. The van der Waals surface area contributed by atoms with Gasteiger partial charge in [0.25, 0.3) is 0 Å². The van der Waals surface area contributed by atoms with Gasteiger partial charge in [-0.25, -0.2) is 0 Å². The third kappa shape index (κ3) is 2.51. The average Bonchev–Trinajstić information content (AvgIpc) is 2.57. The Kier molecular flexibility index (Phi) is 3.30.